The van der Waals surface area contributed by atoms with Gasteiger partial charge in [0.2, 0.25) is 0 Å². The van der Waals surface area contributed by atoms with Crippen molar-refractivity contribution in [2.45, 2.75) is 25.5 Å². The van der Waals surface area contributed by atoms with Crippen molar-refractivity contribution >= 4 is 0 Å². The van der Waals surface area contributed by atoms with Crippen LogP contribution in [0, 0.1) is 17.5 Å². The van der Waals surface area contributed by atoms with Crippen LogP contribution < -0.4 is 0 Å². The normalized spacial score (nSPS) is 19.2. The zero-order valence-electron chi connectivity index (χ0n) is 10.5. The quantitative estimate of drug-likeness (QED) is 0.795. The minimum absolute atomic E-state index is 0.119. The van der Waals surface area contributed by atoms with Crippen LogP contribution in [0.2, 0.25) is 0 Å². The summed E-state index contributed by atoms with van der Waals surface area (Å²) in [6.45, 7) is 0.638. The maximum absolute atomic E-state index is 13.7. The van der Waals surface area contributed by atoms with E-state index in [0.717, 1.165) is 31.4 Å². The van der Waals surface area contributed by atoms with E-state index >= 15 is 0 Å². The van der Waals surface area contributed by atoms with Crippen molar-refractivity contribution in [2.75, 3.05) is 6.61 Å². The fraction of sp³-hybridized carbons (Fsp3) is 0.385. The highest BCUT2D eigenvalue weighted by atomic mass is 19.2. The molecule has 1 aromatic heterocycles. The molecule has 0 spiro atoms. The highest BCUT2D eigenvalue weighted by molar-refractivity contribution is 5.58. The molecule has 1 fully saturated rings. The van der Waals surface area contributed by atoms with Gasteiger partial charge >= 0.3 is 0 Å². The molecule has 0 bridgehead atoms. The van der Waals surface area contributed by atoms with E-state index in [4.69, 9.17) is 4.74 Å². The van der Waals surface area contributed by atoms with Crippen LogP contribution in [0.3, 0.4) is 0 Å². The molecule has 0 radical (unpaired) electrons. The first-order chi connectivity index (χ1) is 9.66. The zero-order valence-corrected chi connectivity index (χ0v) is 10.5. The number of hydrogen-bond acceptors (Lipinski definition) is 3. The van der Waals surface area contributed by atoms with Crippen LogP contribution in [0.4, 0.5) is 13.2 Å². The predicted octanol–water partition coefficient (Wildman–Crippen LogP) is 3.06. The SMILES string of the molecule is Fc1ccc(-c2cn(C3CCCCO3)nn2)c(F)c1F. The molecule has 1 aromatic carbocycles. The first-order valence-corrected chi connectivity index (χ1v) is 6.34. The smallest absolute Gasteiger partial charge is 0.195 e. The van der Waals surface area contributed by atoms with Gasteiger partial charge in [0.05, 0.1) is 6.20 Å². The third-order valence-electron chi connectivity index (χ3n) is 3.27. The molecule has 2 heterocycles. The summed E-state index contributed by atoms with van der Waals surface area (Å²) in [5.74, 6) is -4.00. The number of aromatic nitrogens is 3. The number of nitrogens with zero attached hydrogens (tertiary/aromatic N) is 3. The lowest BCUT2D eigenvalue weighted by Gasteiger charge is -2.21. The molecule has 106 valence electrons. The van der Waals surface area contributed by atoms with Crippen LogP contribution in [-0.2, 0) is 4.74 Å². The largest absolute Gasteiger partial charge is 0.356 e. The summed E-state index contributed by atoms with van der Waals surface area (Å²) < 4.78 is 46.8. The predicted molar refractivity (Wildman–Crippen MR) is 64.2 cm³/mol. The van der Waals surface area contributed by atoms with Crippen molar-refractivity contribution in [2.24, 2.45) is 0 Å². The van der Waals surface area contributed by atoms with Gasteiger partial charge in [-0.15, -0.1) is 5.10 Å². The van der Waals surface area contributed by atoms with Crippen LogP contribution >= 0.6 is 0 Å². The Bertz CT molecular complexity index is 623. The Labute approximate surface area is 113 Å². The Morgan fingerprint density at radius 2 is 2.00 bits per heavy atom. The van der Waals surface area contributed by atoms with Crippen molar-refractivity contribution in [3.05, 3.63) is 35.8 Å². The van der Waals surface area contributed by atoms with Crippen molar-refractivity contribution in [3.63, 3.8) is 0 Å². The number of benzene rings is 1. The van der Waals surface area contributed by atoms with Crippen LogP contribution in [0.15, 0.2) is 18.3 Å². The summed E-state index contributed by atoms with van der Waals surface area (Å²) in [5, 5.41) is 7.67. The molecule has 1 atom stereocenters. The molecule has 0 saturated carbocycles. The second-order valence-corrected chi connectivity index (χ2v) is 4.63. The second-order valence-electron chi connectivity index (χ2n) is 4.63. The average Bonchev–Trinajstić information content (AvgIpc) is 2.95. The lowest BCUT2D eigenvalue weighted by Crippen LogP contribution is -2.18. The van der Waals surface area contributed by atoms with Gasteiger partial charge in [-0.05, 0) is 31.4 Å². The van der Waals surface area contributed by atoms with Crippen molar-refractivity contribution in [1.82, 2.24) is 15.0 Å². The fourth-order valence-electron chi connectivity index (χ4n) is 2.20. The number of rotatable bonds is 2. The van der Waals surface area contributed by atoms with Gasteiger partial charge < -0.3 is 4.74 Å². The molecule has 0 amide bonds. The topological polar surface area (TPSA) is 39.9 Å². The van der Waals surface area contributed by atoms with E-state index in [1.807, 2.05) is 0 Å². The Balaban J connectivity index is 1.92. The summed E-state index contributed by atoms with van der Waals surface area (Å²) in [6.07, 6.45) is 4.04. The van der Waals surface area contributed by atoms with Gasteiger partial charge in [0.25, 0.3) is 0 Å². The van der Waals surface area contributed by atoms with E-state index in [9.17, 15) is 13.2 Å². The van der Waals surface area contributed by atoms with Crippen LogP contribution in [0.25, 0.3) is 11.3 Å². The monoisotopic (exact) mass is 283 g/mol. The Kier molecular flexibility index (Phi) is 3.43. The first kappa shape index (κ1) is 13.1. The third kappa shape index (κ3) is 2.29. The third-order valence-corrected chi connectivity index (χ3v) is 3.27. The Hall–Kier alpha value is -1.89. The molecule has 0 N–H and O–H groups in total. The van der Waals surface area contributed by atoms with E-state index < -0.39 is 17.5 Å². The molecule has 4 nitrogen and oxygen atoms in total. The minimum Gasteiger partial charge on any atom is -0.356 e. The van der Waals surface area contributed by atoms with E-state index in [1.165, 1.54) is 10.9 Å². The summed E-state index contributed by atoms with van der Waals surface area (Å²) in [4.78, 5) is 0. The fourth-order valence-corrected chi connectivity index (χ4v) is 2.20. The molecule has 7 heteroatoms. The van der Waals surface area contributed by atoms with Gasteiger partial charge in [0.1, 0.15) is 5.69 Å². The zero-order chi connectivity index (χ0) is 14.1. The van der Waals surface area contributed by atoms with Crippen molar-refractivity contribution in [1.29, 1.82) is 0 Å². The van der Waals surface area contributed by atoms with Crippen LogP contribution in [-0.4, -0.2) is 21.6 Å². The van der Waals surface area contributed by atoms with Crippen molar-refractivity contribution in [3.8, 4) is 11.3 Å². The summed E-state index contributed by atoms with van der Waals surface area (Å²) in [6, 6.07) is 2.01. The van der Waals surface area contributed by atoms with Crippen LogP contribution in [0.5, 0.6) is 0 Å². The number of ether oxygens (including phenoxy) is 1. The van der Waals surface area contributed by atoms with Gasteiger partial charge in [-0.3, -0.25) is 0 Å². The maximum Gasteiger partial charge on any atom is 0.195 e. The van der Waals surface area contributed by atoms with Gasteiger partial charge in [-0.1, -0.05) is 5.21 Å². The standard InChI is InChI=1S/C13H12F3N3O/c14-9-5-4-8(12(15)13(9)16)10-7-19(18-17-10)11-3-1-2-6-20-11/h4-5,7,11H,1-3,6H2. The van der Waals surface area contributed by atoms with Crippen LogP contribution in [0.1, 0.15) is 25.5 Å². The van der Waals surface area contributed by atoms with Gasteiger partial charge in [-0.2, -0.15) is 0 Å². The Morgan fingerprint density at radius 1 is 1.15 bits per heavy atom. The summed E-state index contributed by atoms with van der Waals surface area (Å²) in [5.41, 5.74) is 0.0292. The highest BCUT2D eigenvalue weighted by Crippen LogP contribution is 2.26. The first-order valence-electron chi connectivity index (χ1n) is 6.34. The van der Waals surface area contributed by atoms with E-state index in [0.29, 0.717) is 6.61 Å². The molecule has 3 rings (SSSR count). The molecule has 1 aliphatic heterocycles. The number of halogens is 3. The lowest BCUT2D eigenvalue weighted by atomic mass is 10.1. The van der Waals surface area contributed by atoms with E-state index in [1.54, 1.807) is 0 Å². The van der Waals surface area contributed by atoms with E-state index in [2.05, 4.69) is 10.3 Å². The van der Waals surface area contributed by atoms with Gasteiger partial charge in [0, 0.05) is 12.2 Å². The summed E-state index contributed by atoms with van der Waals surface area (Å²) in [7, 11) is 0. The minimum atomic E-state index is -1.51. The van der Waals surface area contributed by atoms with Gasteiger partial charge in [-0.25, -0.2) is 17.9 Å². The van der Waals surface area contributed by atoms with E-state index in [-0.39, 0.29) is 17.5 Å². The maximum atomic E-state index is 13.7. The molecule has 20 heavy (non-hydrogen) atoms. The highest BCUT2D eigenvalue weighted by Gasteiger charge is 2.20. The Morgan fingerprint density at radius 3 is 2.75 bits per heavy atom. The molecular formula is C13H12F3N3O. The number of hydrogen-bond donors (Lipinski definition) is 0. The molecule has 1 unspecified atom stereocenters. The second kappa shape index (κ2) is 5.24. The lowest BCUT2D eigenvalue weighted by molar-refractivity contribution is -0.0404. The molecule has 0 aliphatic carbocycles. The average molecular weight is 283 g/mol. The molecule has 1 aliphatic rings. The molecular weight excluding hydrogens is 271 g/mol. The van der Waals surface area contributed by atoms with Crippen molar-refractivity contribution < 1.29 is 17.9 Å². The molecule has 2 aromatic rings. The summed E-state index contributed by atoms with van der Waals surface area (Å²) >= 11 is 0. The van der Waals surface area contributed by atoms with Gasteiger partial charge in [0.15, 0.2) is 23.7 Å². The molecule has 1 saturated heterocycles.